The Bertz CT molecular complexity index is 929. The molecule has 1 aromatic carbocycles. The summed E-state index contributed by atoms with van der Waals surface area (Å²) in [6.07, 6.45) is 1.21. The van der Waals surface area contributed by atoms with E-state index in [9.17, 15) is 24.3 Å². The molecule has 0 fully saturated rings. The van der Waals surface area contributed by atoms with Crippen molar-refractivity contribution in [1.29, 1.82) is 0 Å². The summed E-state index contributed by atoms with van der Waals surface area (Å²) in [4.78, 5) is 53.4. The molecule has 10 nitrogen and oxygen atoms in total. The molecule has 0 aliphatic heterocycles. The number of carbonyl (C=O) groups is 4. The second-order valence-electron chi connectivity index (χ2n) is 10.2. The summed E-state index contributed by atoms with van der Waals surface area (Å²) in [5, 5.41) is 15.6. The molecule has 0 aromatic heterocycles. The zero-order valence-electron chi connectivity index (χ0n) is 23.8. The molecule has 0 saturated heterocycles. The fourth-order valence-corrected chi connectivity index (χ4v) is 3.78. The Morgan fingerprint density at radius 1 is 1.11 bits per heavy atom. The van der Waals surface area contributed by atoms with Gasteiger partial charge in [-0.05, 0) is 57.7 Å². The first-order valence-corrected chi connectivity index (χ1v) is 13.4. The Morgan fingerprint density at radius 2 is 1.79 bits per heavy atom. The number of hydrogen-bond acceptors (Lipinski definition) is 7. The third-order valence-electron chi connectivity index (χ3n) is 5.87. The van der Waals surface area contributed by atoms with Gasteiger partial charge in [-0.3, -0.25) is 14.4 Å². The molecule has 0 saturated carbocycles. The van der Waals surface area contributed by atoms with Crippen LogP contribution >= 0.6 is 0 Å². The van der Waals surface area contributed by atoms with Gasteiger partial charge in [-0.25, -0.2) is 4.79 Å². The number of benzene rings is 1. The van der Waals surface area contributed by atoms with Crippen molar-refractivity contribution < 1.29 is 33.8 Å². The minimum atomic E-state index is -1.10. The normalized spacial score (nSPS) is 13.6. The number of rotatable bonds is 14. The first-order chi connectivity index (χ1) is 17.8. The van der Waals surface area contributed by atoms with Crippen LogP contribution in [0.1, 0.15) is 85.8 Å². The van der Waals surface area contributed by atoms with Crippen molar-refractivity contribution in [1.82, 2.24) is 15.5 Å². The smallest absolute Gasteiger partial charge is 0.408 e. The van der Waals surface area contributed by atoms with Gasteiger partial charge < -0.3 is 30.1 Å². The molecule has 214 valence electrons. The minimum Gasteiger partial charge on any atom is -0.508 e. The lowest BCUT2D eigenvalue weighted by Gasteiger charge is -2.36. The van der Waals surface area contributed by atoms with Crippen molar-refractivity contribution in [3.8, 4) is 5.75 Å². The molecule has 3 atom stereocenters. The van der Waals surface area contributed by atoms with Crippen molar-refractivity contribution in [3.05, 3.63) is 29.8 Å². The van der Waals surface area contributed by atoms with Gasteiger partial charge in [0.25, 0.3) is 0 Å². The summed E-state index contributed by atoms with van der Waals surface area (Å²) in [6.45, 7) is 13.1. The number of amides is 3. The maximum Gasteiger partial charge on any atom is 0.408 e. The Morgan fingerprint density at radius 3 is 2.34 bits per heavy atom. The molecule has 0 bridgehead atoms. The molecular formula is C28H45N3O7. The topological polar surface area (TPSA) is 134 Å². The zero-order chi connectivity index (χ0) is 28.9. The van der Waals surface area contributed by atoms with Crippen LogP contribution in [0.15, 0.2) is 24.3 Å². The minimum absolute atomic E-state index is 0.0216. The van der Waals surface area contributed by atoms with Gasteiger partial charge in [-0.15, -0.1) is 0 Å². The molecule has 0 aliphatic rings. The Kier molecular flexibility index (Phi) is 13.6. The largest absolute Gasteiger partial charge is 0.508 e. The number of alkyl carbamates (subject to hydrolysis) is 1. The third kappa shape index (κ3) is 11.0. The van der Waals surface area contributed by atoms with E-state index in [2.05, 4.69) is 10.6 Å². The van der Waals surface area contributed by atoms with Crippen LogP contribution in [0.2, 0.25) is 0 Å². The fourth-order valence-electron chi connectivity index (χ4n) is 3.78. The van der Waals surface area contributed by atoms with E-state index in [1.165, 1.54) is 17.0 Å². The first-order valence-electron chi connectivity index (χ1n) is 13.4. The van der Waals surface area contributed by atoms with Crippen molar-refractivity contribution in [2.75, 3.05) is 19.7 Å². The average molecular weight is 536 g/mol. The molecule has 10 heteroatoms. The number of ether oxygens (including phenoxy) is 2. The highest BCUT2D eigenvalue weighted by Crippen LogP contribution is 2.27. The van der Waals surface area contributed by atoms with E-state index in [1.54, 1.807) is 39.8 Å². The van der Waals surface area contributed by atoms with Crippen molar-refractivity contribution in [2.45, 2.75) is 91.8 Å². The number of nitrogens with one attached hydrogen (secondary N) is 2. The molecule has 0 heterocycles. The Hall–Kier alpha value is -3.30. The van der Waals surface area contributed by atoms with Crippen LogP contribution in [0.25, 0.3) is 0 Å². The average Bonchev–Trinajstić information content (AvgIpc) is 2.83. The number of carbonyl (C=O) groups excluding carboxylic acids is 4. The number of phenolic OH excluding ortho intramolecular Hbond substituents is 1. The number of hydrogen-bond donors (Lipinski definition) is 3. The van der Waals surface area contributed by atoms with Gasteiger partial charge in [0.15, 0.2) is 0 Å². The van der Waals surface area contributed by atoms with Crippen molar-refractivity contribution in [3.63, 3.8) is 0 Å². The lowest BCUT2D eigenvalue weighted by atomic mass is 9.95. The predicted molar refractivity (Wildman–Crippen MR) is 144 cm³/mol. The first kappa shape index (κ1) is 32.7. The SMILES string of the molecule is CCCCN(C(=O)C(NC(=O)OC(C)(C)C)C(C)CC)C(C(=O)NCCC(=O)OCC)c1cccc(O)c1. The van der Waals surface area contributed by atoms with E-state index in [4.69, 9.17) is 9.47 Å². The van der Waals surface area contributed by atoms with Gasteiger partial charge in [0, 0.05) is 13.1 Å². The highest BCUT2D eigenvalue weighted by atomic mass is 16.6. The number of esters is 1. The molecule has 3 amide bonds. The van der Waals surface area contributed by atoms with Crippen LogP contribution in [0.3, 0.4) is 0 Å². The highest BCUT2D eigenvalue weighted by Gasteiger charge is 2.38. The van der Waals surface area contributed by atoms with Crippen molar-refractivity contribution in [2.24, 2.45) is 5.92 Å². The molecular weight excluding hydrogens is 490 g/mol. The van der Waals surface area contributed by atoms with E-state index in [1.807, 2.05) is 20.8 Å². The molecule has 0 spiro atoms. The summed E-state index contributed by atoms with van der Waals surface area (Å²) in [6, 6.07) is 4.11. The second-order valence-corrected chi connectivity index (χ2v) is 10.2. The van der Waals surface area contributed by atoms with Crippen LogP contribution in [0.5, 0.6) is 5.75 Å². The standard InChI is InChI=1S/C28H45N3O7/c1-8-11-17-31(26(35)23(19(4)9-2)30-27(36)38-28(5,6)7)24(20-13-12-14-21(32)18-20)25(34)29-16-15-22(33)37-10-3/h12-14,18-19,23-24,32H,8-11,15-17H2,1-7H3,(H,29,34)(H,30,36). The van der Waals surface area contributed by atoms with Crippen LogP contribution in [-0.2, 0) is 23.9 Å². The van der Waals surface area contributed by atoms with Gasteiger partial charge in [0.1, 0.15) is 23.4 Å². The van der Waals surface area contributed by atoms with Crippen LogP contribution in [0, 0.1) is 5.92 Å². The molecule has 0 aliphatic carbocycles. The Balaban J connectivity index is 3.41. The van der Waals surface area contributed by atoms with Crippen LogP contribution < -0.4 is 10.6 Å². The van der Waals surface area contributed by atoms with Crippen LogP contribution in [0.4, 0.5) is 4.79 Å². The highest BCUT2D eigenvalue weighted by molar-refractivity contribution is 5.92. The third-order valence-corrected chi connectivity index (χ3v) is 5.87. The number of aromatic hydroxyl groups is 1. The molecule has 1 rings (SSSR count). The number of nitrogens with zero attached hydrogens (tertiary/aromatic N) is 1. The maximum absolute atomic E-state index is 14.1. The van der Waals surface area contributed by atoms with Gasteiger partial charge >= 0.3 is 12.1 Å². The molecule has 3 unspecified atom stereocenters. The Labute approximate surface area is 226 Å². The van der Waals surface area contributed by atoms with E-state index in [0.29, 0.717) is 18.4 Å². The van der Waals surface area contributed by atoms with Gasteiger partial charge in [-0.2, -0.15) is 0 Å². The van der Waals surface area contributed by atoms with Gasteiger partial charge in [0.05, 0.1) is 13.0 Å². The summed E-state index contributed by atoms with van der Waals surface area (Å²) < 4.78 is 10.3. The van der Waals surface area contributed by atoms with Gasteiger partial charge in [-0.1, -0.05) is 45.7 Å². The molecule has 0 radical (unpaired) electrons. The molecule has 3 N–H and O–H groups in total. The van der Waals surface area contributed by atoms with E-state index in [0.717, 1.165) is 6.42 Å². The van der Waals surface area contributed by atoms with Crippen molar-refractivity contribution >= 4 is 23.9 Å². The lowest BCUT2D eigenvalue weighted by molar-refractivity contribution is -0.145. The molecule has 1 aromatic rings. The van der Waals surface area contributed by atoms with Crippen LogP contribution in [-0.4, -0.2) is 65.2 Å². The summed E-state index contributed by atoms with van der Waals surface area (Å²) in [5.74, 6) is -1.70. The van der Waals surface area contributed by atoms with E-state index >= 15 is 0 Å². The maximum atomic E-state index is 14.1. The number of unbranched alkanes of at least 4 members (excludes halogenated alkanes) is 1. The monoisotopic (exact) mass is 535 g/mol. The summed E-state index contributed by atoms with van der Waals surface area (Å²) >= 11 is 0. The number of phenols is 1. The fraction of sp³-hybridized carbons (Fsp3) is 0.643. The van der Waals surface area contributed by atoms with Gasteiger partial charge in [0.2, 0.25) is 11.8 Å². The predicted octanol–water partition coefficient (Wildman–Crippen LogP) is 4.07. The van der Waals surface area contributed by atoms with E-state index < -0.39 is 41.6 Å². The quantitative estimate of drug-likeness (QED) is 0.306. The molecule has 38 heavy (non-hydrogen) atoms. The second kappa shape index (κ2) is 15.8. The van der Waals surface area contributed by atoms with E-state index in [-0.39, 0.29) is 37.8 Å². The summed E-state index contributed by atoms with van der Waals surface area (Å²) in [5.41, 5.74) is -0.346. The summed E-state index contributed by atoms with van der Waals surface area (Å²) in [7, 11) is 0. The lowest BCUT2D eigenvalue weighted by Crippen LogP contribution is -2.55. The zero-order valence-corrected chi connectivity index (χ0v) is 23.8.